The van der Waals surface area contributed by atoms with Gasteiger partial charge in [0.05, 0.1) is 0 Å². The first kappa shape index (κ1) is 17.9. The minimum Gasteiger partial charge on any atom is -0.354 e. The van der Waals surface area contributed by atoms with Gasteiger partial charge >= 0.3 is 0 Å². The molecule has 0 aliphatic rings. The van der Waals surface area contributed by atoms with Crippen LogP contribution in [0.4, 0.5) is 0 Å². The van der Waals surface area contributed by atoms with Crippen molar-refractivity contribution in [2.24, 2.45) is 5.92 Å². The van der Waals surface area contributed by atoms with Gasteiger partial charge in [-0.25, -0.2) is 0 Å². The normalized spacial score (nSPS) is 12.0. The molecule has 1 N–H and O–H groups in total. The third-order valence-electron chi connectivity index (χ3n) is 3.87. The predicted molar refractivity (Wildman–Crippen MR) is 97.6 cm³/mol. The molecule has 3 nitrogen and oxygen atoms in total. The third-order valence-corrected chi connectivity index (χ3v) is 3.87. The SMILES string of the molecule is CC(C)NC(=O)[C@H](C)CC(=O)Cc1ccc(-c2ccccc2)cc1. The van der Waals surface area contributed by atoms with Gasteiger partial charge in [0.15, 0.2) is 0 Å². The maximum atomic E-state index is 12.2. The Bertz CT molecular complexity index is 675. The van der Waals surface area contributed by atoms with Gasteiger partial charge in [-0.2, -0.15) is 0 Å². The molecular weight excluding hydrogens is 298 g/mol. The summed E-state index contributed by atoms with van der Waals surface area (Å²) in [6.07, 6.45) is 0.646. The number of hydrogen-bond acceptors (Lipinski definition) is 2. The van der Waals surface area contributed by atoms with Crippen molar-refractivity contribution in [2.45, 2.75) is 39.7 Å². The molecule has 0 saturated heterocycles. The number of carbonyl (C=O) groups is 2. The van der Waals surface area contributed by atoms with Crippen molar-refractivity contribution in [3.63, 3.8) is 0 Å². The fraction of sp³-hybridized carbons (Fsp3) is 0.333. The molecule has 0 fully saturated rings. The van der Waals surface area contributed by atoms with Gasteiger partial charge in [0.2, 0.25) is 5.91 Å². The first-order valence-corrected chi connectivity index (χ1v) is 8.42. The topological polar surface area (TPSA) is 46.2 Å². The van der Waals surface area contributed by atoms with Gasteiger partial charge in [-0.1, -0.05) is 61.5 Å². The molecule has 1 amide bonds. The number of hydrogen-bond donors (Lipinski definition) is 1. The second kappa shape index (κ2) is 8.44. The van der Waals surface area contributed by atoms with Crippen molar-refractivity contribution in [1.29, 1.82) is 0 Å². The van der Waals surface area contributed by atoms with Crippen molar-refractivity contribution in [1.82, 2.24) is 5.32 Å². The van der Waals surface area contributed by atoms with Gasteiger partial charge < -0.3 is 5.32 Å². The van der Waals surface area contributed by atoms with E-state index in [-0.39, 0.29) is 30.1 Å². The lowest BCUT2D eigenvalue weighted by atomic mass is 9.97. The number of carbonyl (C=O) groups excluding carboxylic acids is 2. The zero-order chi connectivity index (χ0) is 17.5. The molecule has 2 aromatic rings. The second-order valence-corrected chi connectivity index (χ2v) is 6.55. The monoisotopic (exact) mass is 323 g/mol. The standard InChI is InChI=1S/C21H25NO2/c1-15(2)22-21(24)16(3)13-20(23)14-17-9-11-19(12-10-17)18-7-5-4-6-8-18/h4-12,15-16H,13-14H2,1-3H3,(H,22,24)/t16-/m1/s1. The highest BCUT2D eigenvalue weighted by Crippen LogP contribution is 2.19. The van der Waals surface area contributed by atoms with Crippen LogP contribution >= 0.6 is 0 Å². The summed E-state index contributed by atoms with van der Waals surface area (Å²) < 4.78 is 0. The summed E-state index contributed by atoms with van der Waals surface area (Å²) in [7, 11) is 0. The van der Waals surface area contributed by atoms with Crippen LogP contribution in [0, 0.1) is 5.92 Å². The van der Waals surface area contributed by atoms with E-state index in [1.54, 1.807) is 6.92 Å². The van der Waals surface area contributed by atoms with Crippen molar-refractivity contribution >= 4 is 11.7 Å². The van der Waals surface area contributed by atoms with E-state index in [0.717, 1.165) is 16.7 Å². The predicted octanol–water partition coefficient (Wildman–Crippen LogP) is 4.02. The zero-order valence-corrected chi connectivity index (χ0v) is 14.6. The highest BCUT2D eigenvalue weighted by Gasteiger charge is 2.17. The van der Waals surface area contributed by atoms with E-state index in [4.69, 9.17) is 0 Å². The summed E-state index contributed by atoms with van der Waals surface area (Å²) in [6, 6.07) is 18.3. The van der Waals surface area contributed by atoms with Crippen molar-refractivity contribution in [2.75, 3.05) is 0 Å². The Hall–Kier alpha value is -2.42. The quantitative estimate of drug-likeness (QED) is 0.836. The molecule has 0 bridgehead atoms. The third kappa shape index (κ3) is 5.34. The van der Waals surface area contributed by atoms with E-state index in [0.29, 0.717) is 6.42 Å². The molecule has 2 rings (SSSR count). The van der Waals surface area contributed by atoms with Gasteiger partial charge in [0, 0.05) is 24.8 Å². The molecule has 0 aliphatic carbocycles. The number of amides is 1. The van der Waals surface area contributed by atoms with E-state index < -0.39 is 0 Å². The van der Waals surface area contributed by atoms with Crippen LogP contribution in [0.2, 0.25) is 0 Å². The summed E-state index contributed by atoms with van der Waals surface area (Å²) in [6.45, 7) is 5.63. The van der Waals surface area contributed by atoms with Crippen LogP contribution < -0.4 is 5.32 Å². The van der Waals surface area contributed by atoms with Crippen molar-refractivity contribution < 1.29 is 9.59 Å². The van der Waals surface area contributed by atoms with E-state index in [1.165, 1.54) is 0 Å². The molecular formula is C21H25NO2. The summed E-state index contributed by atoms with van der Waals surface area (Å²) in [5.41, 5.74) is 3.28. The molecule has 24 heavy (non-hydrogen) atoms. The van der Waals surface area contributed by atoms with Gasteiger partial charge in [-0.05, 0) is 30.5 Å². The number of ketones is 1. The first-order chi connectivity index (χ1) is 11.5. The summed E-state index contributed by atoms with van der Waals surface area (Å²) in [5.74, 6) is -0.255. The molecule has 0 spiro atoms. The van der Waals surface area contributed by atoms with Crippen LogP contribution in [-0.2, 0) is 16.0 Å². The smallest absolute Gasteiger partial charge is 0.223 e. The van der Waals surface area contributed by atoms with Crippen LogP contribution in [-0.4, -0.2) is 17.7 Å². The lowest BCUT2D eigenvalue weighted by Crippen LogP contribution is -2.35. The van der Waals surface area contributed by atoms with E-state index in [1.807, 2.05) is 56.3 Å². The van der Waals surface area contributed by atoms with Crippen LogP contribution in [0.3, 0.4) is 0 Å². The van der Waals surface area contributed by atoms with Gasteiger partial charge in [-0.15, -0.1) is 0 Å². The lowest BCUT2D eigenvalue weighted by molar-refractivity contribution is -0.129. The molecule has 0 aromatic heterocycles. The summed E-state index contributed by atoms with van der Waals surface area (Å²) >= 11 is 0. The van der Waals surface area contributed by atoms with E-state index in [9.17, 15) is 9.59 Å². The Morgan fingerprint density at radius 3 is 2.04 bits per heavy atom. The number of Topliss-reactive ketones (excluding diaryl/α,β-unsaturated/α-hetero) is 1. The Morgan fingerprint density at radius 1 is 0.875 bits per heavy atom. The molecule has 1 atom stereocenters. The first-order valence-electron chi connectivity index (χ1n) is 8.42. The van der Waals surface area contributed by atoms with Gasteiger partial charge in [0.1, 0.15) is 5.78 Å². The largest absolute Gasteiger partial charge is 0.354 e. The van der Waals surface area contributed by atoms with Crippen LogP contribution in [0.1, 0.15) is 32.8 Å². The molecule has 3 heteroatoms. The fourth-order valence-corrected chi connectivity index (χ4v) is 2.61. The van der Waals surface area contributed by atoms with E-state index >= 15 is 0 Å². The van der Waals surface area contributed by atoms with Crippen LogP contribution in [0.15, 0.2) is 54.6 Å². The Labute approximate surface area is 144 Å². The van der Waals surface area contributed by atoms with Crippen molar-refractivity contribution in [3.05, 3.63) is 60.2 Å². The minimum atomic E-state index is -0.288. The maximum absolute atomic E-state index is 12.2. The van der Waals surface area contributed by atoms with Gasteiger partial charge in [-0.3, -0.25) is 9.59 Å². The molecule has 0 aliphatic heterocycles. The van der Waals surface area contributed by atoms with Crippen LogP contribution in [0.25, 0.3) is 11.1 Å². The number of benzene rings is 2. The second-order valence-electron chi connectivity index (χ2n) is 6.55. The van der Waals surface area contributed by atoms with Crippen molar-refractivity contribution in [3.8, 4) is 11.1 Å². The lowest BCUT2D eigenvalue weighted by Gasteiger charge is -2.14. The molecule has 0 radical (unpaired) electrons. The highest BCUT2D eigenvalue weighted by atomic mass is 16.2. The molecule has 2 aromatic carbocycles. The zero-order valence-electron chi connectivity index (χ0n) is 14.6. The highest BCUT2D eigenvalue weighted by molar-refractivity contribution is 5.87. The van der Waals surface area contributed by atoms with Gasteiger partial charge in [0.25, 0.3) is 0 Å². The minimum absolute atomic E-state index is 0.0576. The molecule has 0 unspecified atom stereocenters. The average Bonchev–Trinajstić information content (AvgIpc) is 2.55. The average molecular weight is 323 g/mol. The molecule has 0 saturated carbocycles. The summed E-state index contributed by atoms with van der Waals surface area (Å²) in [4.78, 5) is 24.1. The Balaban J connectivity index is 1.91. The number of rotatable bonds is 7. The number of nitrogens with one attached hydrogen (secondary N) is 1. The molecule has 0 heterocycles. The summed E-state index contributed by atoms with van der Waals surface area (Å²) in [5, 5.41) is 2.85. The van der Waals surface area contributed by atoms with Crippen LogP contribution in [0.5, 0.6) is 0 Å². The van der Waals surface area contributed by atoms with E-state index in [2.05, 4.69) is 17.4 Å². The Morgan fingerprint density at radius 2 is 1.46 bits per heavy atom. The Kier molecular flexibility index (Phi) is 6.30. The molecule has 126 valence electrons. The fourth-order valence-electron chi connectivity index (χ4n) is 2.61. The maximum Gasteiger partial charge on any atom is 0.223 e.